The van der Waals surface area contributed by atoms with Crippen LogP contribution in [0.1, 0.15) is 12.8 Å². The minimum absolute atomic E-state index is 0.0538. The van der Waals surface area contributed by atoms with E-state index in [2.05, 4.69) is 9.62 Å². The first kappa shape index (κ1) is 14.2. The molecule has 0 saturated carbocycles. The summed E-state index contributed by atoms with van der Waals surface area (Å²) in [5.41, 5.74) is 5.67. The van der Waals surface area contributed by atoms with Gasteiger partial charge in [-0.3, -0.25) is 0 Å². The summed E-state index contributed by atoms with van der Waals surface area (Å²) in [5.74, 6) is -0.615. The number of likely N-dealkylation sites (tertiary alicyclic amines) is 1. The van der Waals surface area contributed by atoms with Crippen molar-refractivity contribution in [2.45, 2.75) is 23.8 Å². The Bertz CT molecular complexity index is 562. The molecular weight excluding hydrogens is 269 g/mol. The van der Waals surface area contributed by atoms with Gasteiger partial charge in [-0.15, -0.1) is 0 Å². The molecule has 19 heavy (non-hydrogen) atoms. The van der Waals surface area contributed by atoms with E-state index >= 15 is 0 Å². The predicted molar refractivity (Wildman–Crippen MR) is 71.7 cm³/mol. The number of likely N-dealkylation sites (N-methyl/N-ethyl adjacent to an activating group) is 1. The van der Waals surface area contributed by atoms with E-state index in [1.807, 2.05) is 7.05 Å². The Kier molecular flexibility index (Phi) is 4.07. The molecule has 1 aliphatic rings. The number of nitrogen functional groups attached to an aromatic ring is 1. The first-order chi connectivity index (χ1) is 8.88. The van der Waals surface area contributed by atoms with Crippen molar-refractivity contribution in [3.63, 3.8) is 0 Å². The summed E-state index contributed by atoms with van der Waals surface area (Å²) in [5, 5.41) is 0. The number of halogens is 1. The molecule has 0 amide bonds. The normalized spacial score (nSPS) is 21.5. The average molecular weight is 287 g/mol. The third kappa shape index (κ3) is 3.43. The Balaban J connectivity index is 2.20. The van der Waals surface area contributed by atoms with Crippen molar-refractivity contribution in [1.29, 1.82) is 0 Å². The number of hydrogen-bond donors (Lipinski definition) is 2. The van der Waals surface area contributed by atoms with Gasteiger partial charge < -0.3 is 10.6 Å². The molecule has 5 nitrogen and oxygen atoms in total. The second kappa shape index (κ2) is 5.44. The van der Waals surface area contributed by atoms with Crippen LogP contribution >= 0.6 is 0 Å². The predicted octanol–water partition coefficient (Wildman–Crippen LogP) is 0.780. The molecule has 0 bridgehead atoms. The molecule has 1 atom stereocenters. The fourth-order valence-corrected chi connectivity index (χ4v) is 3.69. The lowest BCUT2D eigenvalue weighted by atomic mass is 10.1. The number of benzene rings is 1. The molecule has 0 spiro atoms. The van der Waals surface area contributed by atoms with Crippen LogP contribution in [0.3, 0.4) is 0 Å². The Morgan fingerprint density at radius 3 is 2.89 bits per heavy atom. The zero-order chi connectivity index (χ0) is 14.0. The topological polar surface area (TPSA) is 75.4 Å². The maximum Gasteiger partial charge on any atom is 0.243 e. The van der Waals surface area contributed by atoms with Gasteiger partial charge in [0.25, 0.3) is 0 Å². The molecule has 106 valence electrons. The van der Waals surface area contributed by atoms with Gasteiger partial charge in [0.05, 0.1) is 5.69 Å². The summed E-state index contributed by atoms with van der Waals surface area (Å²) >= 11 is 0. The molecule has 2 rings (SSSR count). The van der Waals surface area contributed by atoms with E-state index in [-0.39, 0.29) is 16.6 Å². The molecule has 1 heterocycles. The van der Waals surface area contributed by atoms with Gasteiger partial charge in [0.2, 0.25) is 10.0 Å². The number of hydrogen-bond acceptors (Lipinski definition) is 4. The second-order valence-corrected chi connectivity index (χ2v) is 6.59. The Hall–Kier alpha value is -1.18. The maximum absolute atomic E-state index is 13.2. The van der Waals surface area contributed by atoms with Crippen molar-refractivity contribution in [2.24, 2.45) is 0 Å². The summed E-state index contributed by atoms with van der Waals surface area (Å²) in [7, 11) is -1.84. The summed E-state index contributed by atoms with van der Waals surface area (Å²) in [6.45, 7) is 1.61. The average Bonchev–Trinajstić information content (AvgIpc) is 2.31. The SMILES string of the molecule is CN1CCCC(NS(=O)(=O)c2cc(F)ccc2N)C1. The monoisotopic (exact) mass is 287 g/mol. The molecule has 3 N–H and O–H groups in total. The van der Waals surface area contributed by atoms with Crippen LogP contribution in [0.4, 0.5) is 10.1 Å². The zero-order valence-electron chi connectivity index (χ0n) is 10.8. The second-order valence-electron chi connectivity index (χ2n) is 4.90. The number of sulfonamides is 1. The molecule has 1 saturated heterocycles. The van der Waals surface area contributed by atoms with E-state index in [1.165, 1.54) is 6.07 Å². The molecular formula is C12H18FN3O2S. The molecule has 1 fully saturated rings. The van der Waals surface area contributed by atoms with Gasteiger partial charge in [0.1, 0.15) is 10.7 Å². The Morgan fingerprint density at radius 1 is 1.47 bits per heavy atom. The summed E-state index contributed by atoms with van der Waals surface area (Å²) < 4.78 is 40.2. The largest absolute Gasteiger partial charge is 0.398 e. The van der Waals surface area contributed by atoms with Gasteiger partial charge in [-0.1, -0.05) is 0 Å². The highest BCUT2D eigenvalue weighted by atomic mass is 32.2. The Morgan fingerprint density at radius 2 is 2.21 bits per heavy atom. The van der Waals surface area contributed by atoms with Crippen LogP contribution in [0.15, 0.2) is 23.1 Å². The number of nitrogens with zero attached hydrogens (tertiary/aromatic N) is 1. The van der Waals surface area contributed by atoms with Crippen molar-refractivity contribution in [3.8, 4) is 0 Å². The van der Waals surface area contributed by atoms with Gasteiger partial charge in [-0.05, 0) is 44.6 Å². The van der Waals surface area contributed by atoms with E-state index in [0.717, 1.165) is 31.5 Å². The maximum atomic E-state index is 13.2. The molecule has 1 aliphatic heterocycles. The van der Waals surface area contributed by atoms with Crippen molar-refractivity contribution in [3.05, 3.63) is 24.0 Å². The van der Waals surface area contributed by atoms with Crippen molar-refractivity contribution in [2.75, 3.05) is 25.9 Å². The fraction of sp³-hybridized carbons (Fsp3) is 0.500. The van der Waals surface area contributed by atoms with E-state index < -0.39 is 15.8 Å². The van der Waals surface area contributed by atoms with Crippen molar-refractivity contribution in [1.82, 2.24) is 9.62 Å². The summed E-state index contributed by atoms with van der Waals surface area (Å²) in [6, 6.07) is 3.19. The zero-order valence-corrected chi connectivity index (χ0v) is 11.6. The lowest BCUT2D eigenvalue weighted by Gasteiger charge is -2.30. The van der Waals surface area contributed by atoms with Gasteiger partial charge >= 0.3 is 0 Å². The number of rotatable bonds is 3. The molecule has 0 aliphatic carbocycles. The van der Waals surface area contributed by atoms with Crippen LogP contribution in [-0.4, -0.2) is 39.5 Å². The third-order valence-corrected chi connectivity index (χ3v) is 4.79. The lowest BCUT2D eigenvalue weighted by Crippen LogP contribution is -2.46. The smallest absolute Gasteiger partial charge is 0.243 e. The molecule has 0 aromatic heterocycles. The Labute approximate surface area is 112 Å². The van der Waals surface area contributed by atoms with E-state index in [1.54, 1.807) is 0 Å². The first-order valence-electron chi connectivity index (χ1n) is 6.14. The third-order valence-electron chi connectivity index (χ3n) is 3.21. The van der Waals surface area contributed by atoms with Crippen LogP contribution in [0.5, 0.6) is 0 Å². The van der Waals surface area contributed by atoms with E-state index in [9.17, 15) is 12.8 Å². The molecule has 1 aromatic carbocycles. The molecule has 1 unspecified atom stereocenters. The minimum atomic E-state index is -3.78. The molecule has 0 radical (unpaired) electrons. The highest BCUT2D eigenvalue weighted by molar-refractivity contribution is 7.89. The van der Waals surface area contributed by atoms with Gasteiger partial charge in [-0.25, -0.2) is 17.5 Å². The van der Waals surface area contributed by atoms with Crippen LogP contribution in [0, 0.1) is 5.82 Å². The van der Waals surface area contributed by atoms with Crippen molar-refractivity contribution < 1.29 is 12.8 Å². The first-order valence-corrected chi connectivity index (χ1v) is 7.63. The summed E-state index contributed by atoms with van der Waals surface area (Å²) in [4.78, 5) is 1.87. The standard InChI is InChI=1S/C12H18FN3O2S/c1-16-6-2-3-10(8-16)15-19(17,18)12-7-9(13)4-5-11(12)14/h4-5,7,10,15H,2-3,6,8,14H2,1H3. The van der Waals surface area contributed by atoms with Crippen LogP contribution in [0.25, 0.3) is 0 Å². The number of nitrogens with two attached hydrogens (primary N) is 1. The molecule has 1 aromatic rings. The van der Waals surface area contributed by atoms with Crippen LogP contribution in [-0.2, 0) is 10.0 Å². The van der Waals surface area contributed by atoms with Gasteiger partial charge in [0, 0.05) is 12.6 Å². The quantitative estimate of drug-likeness (QED) is 0.806. The lowest BCUT2D eigenvalue weighted by molar-refractivity contribution is 0.242. The van der Waals surface area contributed by atoms with E-state index in [4.69, 9.17) is 5.73 Å². The number of piperidine rings is 1. The fourth-order valence-electron chi connectivity index (χ4n) is 2.29. The highest BCUT2D eigenvalue weighted by Crippen LogP contribution is 2.20. The number of nitrogens with one attached hydrogen (secondary N) is 1. The number of anilines is 1. The van der Waals surface area contributed by atoms with Crippen LogP contribution < -0.4 is 10.5 Å². The minimum Gasteiger partial charge on any atom is -0.398 e. The molecule has 7 heteroatoms. The van der Waals surface area contributed by atoms with Crippen molar-refractivity contribution >= 4 is 15.7 Å². The van der Waals surface area contributed by atoms with E-state index in [0.29, 0.717) is 6.54 Å². The summed E-state index contributed by atoms with van der Waals surface area (Å²) in [6.07, 6.45) is 1.71. The highest BCUT2D eigenvalue weighted by Gasteiger charge is 2.25. The van der Waals surface area contributed by atoms with Gasteiger partial charge in [-0.2, -0.15) is 0 Å². The van der Waals surface area contributed by atoms with Gasteiger partial charge in [0.15, 0.2) is 0 Å². The van der Waals surface area contributed by atoms with Crippen LogP contribution in [0.2, 0.25) is 0 Å².